The van der Waals surface area contributed by atoms with Crippen LogP contribution in [0.25, 0.3) is 0 Å². The molecule has 0 N–H and O–H groups in total. The van der Waals surface area contributed by atoms with E-state index in [1.165, 1.54) is 64.2 Å². The van der Waals surface area contributed by atoms with E-state index < -0.39 is 115 Å². The molecule has 0 aliphatic heterocycles. The Morgan fingerprint density at radius 1 is 0.403 bits per heavy atom. The molecule has 0 radical (unpaired) electrons. The number of carbonyl (C=O) groups is 3. The van der Waals surface area contributed by atoms with Crippen molar-refractivity contribution in [2.24, 2.45) is 0 Å². The standard InChI is InChI=1S/C17H32O2.C12H9F13O2.C11H7F13O2/c1-4-5-6-7-8-9-10-11-12-13-14-15-19-17(18)16(2)3;1-5(2)6(26)27-12(24,25)11(22,23)10(20,21)9(18,19)7(13,14)3-4-8(15,16)17;1-2-5(25)26-11(23,24)10(21,22)9(19,20)8(17,18)6(12,13)3-4-7(14,15)16/h2,4-15H2,1,3H3;1,3-4H2,2H3;2H,1,3-4H2. The zero-order valence-electron chi connectivity index (χ0n) is 37.8. The summed E-state index contributed by atoms with van der Waals surface area (Å²) < 4.78 is 344. The maximum absolute atomic E-state index is 13.3. The first-order valence-electron chi connectivity index (χ1n) is 20.4. The molecule has 0 aliphatic carbocycles. The molecule has 0 aromatic carbocycles. The monoisotopic (exact) mass is 1120 g/mol. The molecule has 32 heteroatoms. The summed E-state index contributed by atoms with van der Waals surface area (Å²) in [7, 11) is 0. The summed E-state index contributed by atoms with van der Waals surface area (Å²) in [4.78, 5) is 32.3. The van der Waals surface area contributed by atoms with E-state index in [1.54, 1.807) is 6.92 Å². The summed E-state index contributed by atoms with van der Waals surface area (Å²) in [6.07, 6.45) is -22.3. The van der Waals surface area contributed by atoms with Crippen LogP contribution in [0, 0.1) is 0 Å². The second-order valence-corrected chi connectivity index (χ2v) is 15.4. The molecular formula is C40H48F26O6. The van der Waals surface area contributed by atoms with Crippen LogP contribution in [0.1, 0.15) is 117 Å². The molecule has 0 rings (SSSR count). The van der Waals surface area contributed by atoms with Gasteiger partial charge in [-0.1, -0.05) is 90.9 Å². The fourth-order valence-corrected chi connectivity index (χ4v) is 4.68. The maximum Gasteiger partial charge on any atom is 0.473 e. The molecule has 6 nitrogen and oxygen atoms in total. The minimum atomic E-state index is -7.63. The van der Waals surface area contributed by atoms with E-state index >= 15 is 0 Å². The van der Waals surface area contributed by atoms with Crippen LogP contribution in [0.3, 0.4) is 0 Å². The van der Waals surface area contributed by atoms with Gasteiger partial charge in [0.1, 0.15) is 0 Å². The van der Waals surface area contributed by atoms with Crippen LogP contribution < -0.4 is 0 Å². The Hall–Kier alpha value is -4.19. The largest absolute Gasteiger partial charge is 0.473 e. The van der Waals surface area contributed by atoms with Crippen molar-refractivity contribution in [1.82, 2.24) is 0 Å². The van der Waals surface area contributed by atoms with Gasteiger partial charge >= 0.3 is 89.9 Å². The summed E-state index contributed by atoms with van der Waals surface area (Å²) in [5.41, 5.74) is -0.584. The molecule has 0 fully saturated rings. The van der Waals surface area contributed by atoms with Crippen LogP contribution in [0.5, 0.6) is 0 Å². The number of halogens is 26. The van der Waals surface area contributed by atoms with Crippen molar-refractivity contribution < 1.29 is 143 Å². The Kier molecular flexibility index (Phi) is 27.4. The fraction of sp³-hybridized carbons (Fsp3) is 0.775. The molecule has 0 unspecified atom stereocenters. The van der Waals surface area contributed by atoms with Gasteiger partial charge < -0.3 is 14.2 Å². The fourth-order valence-electron chi connectivity index (χ4n) is 4.68. The molecule has 0 aromatic rings. The zero-order chi connectivity index (χ0) is 58.0. The summed E-state index contributed by atoms with van der Waals surface area (Å²) in [5, 5.41) is 0. The molecule has 0 amide bonds. The van der Waals surface area contributed by atoms with Crippen molar-refractivity contribution in [3.63, 3.8) is 0 Å². The van der Waals surface area contributed by atoms with Gasteiger partial charge in [-0.25, -0.2) is 14.4 Å². The number of carbonyl (C=O) groups excluding carboxylic acids is 3. The lowest BCUT2D eigenvalue weighted by Gasteiger charge is -2.38. The summed E-state index contributed by atoms with van der Waals surface area (Å²) in [6, 6.07) is 0. The third kappa shape index (κ3) is 20.6. The molecule has 0 aliphatic rings. The first-order chi connectivity index (χ1) is 31.9. The number of hydrogen-bond donors (Lipinski definition) is 0. The van der Waals surface area contributed by atoms with Crippen LogP contribution in [-0.4, -0.2) is 96.5 Å². The number of hydrogen-bond acceptors (Lipinski definition) is 6. The molecule has 0 atom stereocenters. The summed E-state index contributed by atoms with van der Waals surface area (Å²) in [5.74, 6) is -63.1. The maximum atomic E-state index is 13.3. The van der Waals surface area contributed by atoms with E-state index in [-0.39, 0.29) is 12.0 Å². The Morgan fingerprint density at radius 2 is 0.694 bits per heavy atom. The second kappa shape index (κ2) is 27.4. The molecule has 0 bridgehead atoms. The van der Waals surface area contributed by atoms with Crippen molar-refractivity contribution >= 4 is 17.9 Å². The Balaban J connectivity index is -0.00000101. The molecule has 0 saturated carbocycles. The third-order valence-corrected chi connectivity index (χ3v) is 8.97. The minimum Gasteiger partial charge on any atom is -0.462 e. The first kappa shape index (κ1) is 72.1. The van der Waals surface area contributed by atoms with Crippen LogP contribution in [0.2, 0.25) is 0 Å². The van der Waals surface area contributed by atoms with Gasteiger partial charge in [0.25, 0.3) is 0 Å². The van der Waals surface area contributed by atoms with Crippen molar-refractivity contribution in [3.8, 4) is 0 Å². The molecule has 0 heterocycles. The number of esters is 3. The van der Waals surface area contributed by atoms with Gasteiger partial charge in [-0.2, -0.15) is 114 Å². The minimum absolute atomic E-state index is 0.257. The lowest BCUT2D eigenvalue weighted by molar-refractivity contribution is -0.437. The van der Waals surface area contributed by atoms with Crippen LogP contribution >= 0.6 is 0 Å². The summed E-state index contributed by atoms with van der Waals surface area (Å²) in [6.45, 7) is 13.6. The highest BCUT2D eigenvalue weighted by molar-refractivity contribution is 5.87. The van der Waals surface area contributed by atoms with Gasteiger partial charge in [-0.15, -0.1) is 0 Å². The van der Waals surface area contributed by atoms with Crippen molar-refractivity contribution in [2.75, 3.05) is 6.61 Å². The quantitative estimate of drug-likeness (QED) is 0.0244. The highest BCUT2D eigenvalue weighted by Gasteiger charge is 2.89. The molecule has 0 spiro atoms. The van der Waals surface area contributed by atoms with Gasteiger partial charge in [0.05, 0.1) is 6.61 Å². The third-order valence-electron chi connectivity index (χ3n) is 8.97. The van der Waals surface area contributed by atoms with Gasteiger partial charge in [0, 0.05) is 42.9 Å². The molecule has 72 heavy (non-hydrogen) atoms. The Morgan fingerprint density at radius 3 is 0.972 bits per heavy atom. The van der Waals surface area contributed by atoms with Gasteiger partial charge in [0.2, 0.25) is 0 Å². The van der Waals surface area contributed by atoms with E-state index in [4.69, 9.17) is 4.74 Å². The van der Waals surface area contributed by atoms with E-state index in [1.807, 2.05) is 0 Å². The molecule has 426 valence electrons. The molecule has 0 aromatic heterocycles. The van der Waals surface area contributed by atoms with Gasteiger partial charge in [-0.3, -0.25) is 0 Å². The first-order valence-corrected chi connectivity index (χ1v) is 20.4. The lowest BCUT2D eigenvalue weighted by Crippen LogP contribution is -2.68. The number of unbranched alkanes of at least 4 members (excludes halogenated alkanes) is 10. The SMILES string of the molecule is C=C(C)C(=O)OC(F)(F)C(F)(F)C(F)(F)C(F)(F)C(F)(F)CCC(F)(F)F.C=C(C)C(=O)OCCCCCCCCCCCCC.C=CC(=O)OC(F)(F)C(F)(F)C(F)(F)C(F)(F)C(F)(F)CCC(F)(F)F. The van der Waals surface area contributed by atoms with Gasteiger partial charge in [-0.05, 0) is 20.3 Å². The van der Waals surface area contributed by atoms with E-state index in [0.29, 0.717) is 19.1 Å². The smallest absolute Gasteiger partial charge is 0.462 e. The number of rotatable bonds is 29. The average molecular weight is 1120 g/mol. The Labute approximate surface area is 393 Å². The highest BCUT2D eigenvalue weighted by Crippen LogP contribution is 2.60. The van der Waals surface area contributed by atoms with Crippen molar-refractivity contribution in [3.05, 3.63) is 37.0 Å². The number of alkyl halides is 26. The normalized spacial score (nSPS) is 13.7. The average Bonchev–Trinajstić information content (AvgIpc) is 3.21. The van der Waals surface area contributed by atoms with Crippen LogP contribution in [0.4, 0.5) is 114 Å². The van der Waals surface area contributed by atoms with E-state index in [2.05, 4.69) is 36.1 Å². The van der Waals surface area contributed by atoms with Crippen molar-refractivity contribution in [1.29, 1.82) is 0 Å². The number of ether oxygens (including phenoxy) is 3. The van der Waals surface area contributed by atoms with E-state index in [0.717, 1.165) is 6.42 Å². The molecule has 0 saturated heterocycles. The van der Waals surface area contributed by atoms with E-state index in [9.17, 15) is 129 Å². The van der Waals surface area contributed by atoms with Gasteiger partial charge in [0.15, 0.2) is 0 Å². The highest BCUT2D eigenvalue weighted by atomic mass is 19.4. The topological polar surface area (TPSA) is 78.9 Å². The van der Waals surface area contributed by atoms with Crippen LogP contribution in [-0.2, 0) is 28.6 Å². The van der Waals surface area contributed by atoms with Crippen LogP contribution in [0.15, 0.2) is 37.0 Å². The predicted molar refractivity (Wildman–Crippen MR) is 199 cm³/mol. The van der Waals surface area contributed by atoms with Crippen molar-refractivity contribution in [2.45, 2.75) is 189 Å². The predicted octanol–water partition coefficient (Wildman–Crippen LogP) is 16.2. The zero-order valence-corrected chi connectivity index (χ0v) is 37.8. The lowest BCUT2D eigenvalue weighted by atomic mass is 9.95. The second-order valence-electron chi connectivity index (χ2n) is 15.4. The molecular weight excluding hydrogens is 1070 g/mol. The summed E-state index contributed by atoms with van der Waals surface area (Å²) >= 11 is 0. The Bertz CT molecular complexity index is 1740.